The van der Waals surface area contributed by atoms with Crippen LogP contribution in [0.4, 0.5) is 17.2 Å². The highest BCUT2D eigenvalue weighted by Gasteiger charge is 2.21. The maximum absolute atomic E-state index is 11.9. The molecule has 1 fully saturated rings. The molecule has 178 valence electrons. The average molecular weight is 480 g/mol. The highest BCUT2D eigenvalue weighted by molar-refractivity contribution is 7.79. The van der Waals surface area contributed by atoms with Crippen LogP contribution in [-0.2, 0) is 17.6 Å². The smallest absolute Gasteiger partial charge is 0.252 e. The fraction of sp³-hybridized carbons (Fsp3) is 0.280. The number of anilines is 3. The Morgan fingerprint density at radius 1 is 1.12 bits per heavy atom. The van der Waals surface area contributed by atoms with Crippen molar-refractivity contribution in [2.24, 2.45) is 5.73 Å². The van der Waals surface area contributed by atoms with Crippen LogP contribution in [0.1, 0.15) is 40.2 Å². The molecule has 1 amide bonds. The van der Waals surface area contributed by atoms with Crippen LogP contribution in [0.25, 0.3) is 0 Å². The predicted octanol–water partition coefficient (Wildman–Crippen LogP) is 3.89. The molecule has 2 aromatic carbocycles. The van der Waals surface area contributed by atoms with E-state index in [1.54, 1.807) is 6.07 Å². The van der Waals surface area contributed by atoms with Crippen LogP contribution in [0.5, 0.6) is 0 Å². The Hall–Kier alpha value is -3.27. The van der Waals surface area contributed by atoms with Gasteiger partial charge in [-0.2, -0.15) is 0 Å². The minimum atomic E-state index is -1.78. The molecule has 1 aliphatic heterocycles. The molecule has 1 aromatic heterocycles. The molecule has 34 heavy (non-hydrogen) atoms. The number of piperidine rings is 1. The average Bonchev–Trinajstić information content (AvgIpc) is 2.84. The Labute approximate surface area is 201 Å². The summed E-state index contributed by atoms with van der Waals surface area (Å²) in [7, 11) is 0. The van der Waals surface area contributed by atoms with Gasteiger partial charge < -0.3 is 20.9 Å². The monoisotopic (exact) mass is 479 g/mol. The molecular formula is C25H29N5O3S. The summed E-state index contributed by atoms with van der Waals surface area (Å²) in [5.74, 6) is 0.743. The SMILES string of the molecule is NC(=O)c1cnc(Nc2ccc(C3CCN(CS(=O)O)CC3)cc2)cc1NCc1ccccc1. The van der Waals surface area contributed by atoms with Crippen molar-refractivity contribution in [1.29, 1.82) is 0 Å². The molecule has 1 atom stereocenters. The minimum absolute atomic E-state index is 0.222. The number of nitrogens with zero attached hydrogens (tertiary/aromatic N) is 2. The quantitative estimate of drug-likeness (QED) is 0.344. The normalized spacial score (nSPS) is 15.6. The number of nitrogens with one attached hydrogen (secondary N) is 2. The van der Waals surface area contributed by atoms with E-state index >= 15 is 0 Å². The van der Waals surface area contributed by atoms with E-state index in [1.165, 1.54) is 11.8 Å². The van der Waals surface area contributed by atoms with Gasteiger partial charge in [0.05, 0.1) is 11.3 Å². The van der Waals surface area contributed by atoms with E-state index in [1.807, 2.05) is 47.4 Å². The standard InChI is InChI=1S/C25H29N5O3S/c26-25(31)22-16-28-24(14-23(22)27-15-18-4-2-1-3-5-18)29-21-8-6-19(7-9-21)20-10-12-30(13-11-20)17-34(32)33/h1-9,14,16,20H,10-13,15,17H2,(H2,26,31)(H,32,33)(H2,27,28,29). The van der Waals surface area contributed by atoms with Crippen LogP contribution in [-0.4, -0.2) is 43.5 Å². The summed E-state index contributed by atoms with van der Waals surface area (Å²) in [6.07, 6.45) is 3.42. The van der Waals surface area contributed by atoms with Crippen LogP contribution in [0.3, 0.4) is 0 Å². The number of nitrogens with two attached hydrogens (primary N) is 1. The number of rotatable bonds is 9. The Kier molecular flexibility index (Phi) is 7.89. The van der Waals surface area contributed by atoms with E-state index in [4.69, 9.17) is 10.3 Å². The van der Waals surface area contributed by atoms with Gasteiger partial charge in [-0.25, -0.2) is 9.19 Å². The second kappa shape index (κ2) is 11.2. The lowest BCUT2D eigenvalue weighted by molar-refractivity contribution is 0.100. The van der Waals surface area contributed by atoms with Crippen LogP contribution in [0, 0.1) is 0 Å². The first kappa shape index (κ1) is 23.9. The Bertz CT molecular complexity index is 1130. The van der Waals surface area contributed by atoms with E-state index < -0.39 is 17.0 Å². The molecule has 5 N–H and O–H groups in total. The van der Waals surface area contributed by atoms with E-state index in [2.05, 4.69) is 27.8 Å². The lowest BCUT2D eigenvalue weighted by Gasteiger charge is -2.31. The summed E-state index contributed by atoms with van der Waals surface area (Å²) in [5.41, 5.74) is 9.75. The van der Waals surface area contributed by atoms with Crippen molar-refractivity contribution in [2.75, 3.05) is 29.6 Å². The summed E-state index contributed by atoms with van der Waals surface area (Å²) in [6.45, 7) is 2.21. The van der Waals surface area contributed by atoms with E-state index in [0.29, 0.717) is 29.5 Å². The number of amides is 1. The van der Waals surface area contributed by atoms with Gasteiger partial charge in [-0.15, -0.1) is 0 Å². The second-order valence-corrected chi connectivity index (χ2v) is 9.31. The maximum atomic E-state index is 11.9. The van der Waals surface area contributed by atoms with Crippen molar-refractivity contribution in [2.45, 2.75) is 25.3 Å². The molecule has 3 aromatic rings. The largest absolute Gasteiger partial charge is 0.380 e. The van der Waals surface area contributed by atoms with Gasteiger partial charge in [0.1, 0.15) is 11.7 Å². The summed E-state index contributed by atoms with van der Waals surface area (Å²) >= 11 is -1.78. The molecule has 8 nitrogen and oxygen atoms in total. The molecule has 1 unspecified atom stereocenters. The number of carbonyl (C=O) groups excluding carboxylic acids is 1. The number of likely N-dealkylation sites (tertiary alicyclic amines) is 1. The van der Waals surface area contributed by atoms with Crippen molar-refractivity contribution in [1.82, 2.24) is 9.88 Å². The number of hydrogen-bond acceptors (Lipinski definition) is 6. The zero-order valence-corrected chi connectivity index (χ0v) is 19.6. The molecular weight excluding hydrogens is 450 g/mol. The fourth-order valence-corrected chi connectivity index (χ4v) is 4.77. The van der Waals surface area contributed by atoms with E-state index in [9.17, 15) is 9.00 Å². The van der Waals surface area contributed by atoms with Crippen LogP contribution >= 0.6 is 0 Å². The van der Waals surface area contributed by atoms with E-state index in [0.717, 1.165) is 37.2 Å². The number of hydrogen-bond donors (Lipinski definition) is 4. The molecule has 0 saturated carbocycles. The van der Waals surface area contributed by atoms with Crippen LogP contribution in [0.2, 0.25) is 0 Å². The molecule has 0 aliphatic carbocycles. The third-order valence-corrected chi connectivity index (χ3v) is 6.62. The van der Waals surface area contributed by atoms with Crippen molar-refractivity contribution >= 4 is 34.2 Å². The number of benzene rings is 2. The maximum Gasteiger partial charge on any atom is 0.252 e. The molecule has 0 bridgehead atoms. The molecule has 4 rings (SSSR count). The lowest BCUT2D eigenvalue weighted by atomic mass is 9.89. The minimum Gasteiger partial charge on any atom is -0.380 e. The lowest BCUT2D eigenvalue weighted by Crippen LogP contribution is -2.35. The summed E-state index contributed by atoms with van der Waals surface area (Å²) in [4.78, 5) is 18.2. The Morgan fingerprint density at radius 2 is 1.82 bits per heavy atom. The second-order valence-electron chi connectivity index (χ2n) is 8.41. The Morgan fingerprint density at radius 3 is 2.47 bits per heavy atom. The topological polar surface area (TPSA) is 121 Å². The molecule has 1 saturated heterocycles. The first-order chi connectivity index (χ1) is 16.5. The van der Waals surface area contributed by atoms with E-state index in [-0.39, 0.29) is 5.88 Å². The molecule has 1 aliphatic rings. The van der Waals surface area contributed by atoms with Gasteiger partial charge in [-0.05, 0) is 55.1 Å². The predicted molar refractivity (Wildman–Crippen MR) is 135 cm³/mol. The van der Waals surface area contributed by atoms with Crippen LogP contribution in [0.15, 0.2) is 66.9 Å². The number of primary amides is 1. The van der Waals surface area contributed by atoms with Crippen molar-refractivity contribution in [3.05, 3.63) is 83.6 Å². The van der Waals surface area contributed by atoms with Gasteiger partial charge in [0.25, 0.3) is 5.91 Å². The number of carbonyl (C=O) groups is 1. The molecule has 0 spiro atoms. The zero-order chi connectivity index (χ0) is 23.9. The summed E-state index contributed by atoms with van der Waals surface area (Å²) in [6, 6.07) is 20.0. The molecule has 9 heteroatoms. The highest BCUT2D eigenvalue weighted by Crippen LogP contribution is 2.29. The highest BCUT2D eigenvalue weighted by atomic mass is 32.2. The fourth-order valence-electron chi connectivity index (χ4n) is 4.20. The van der Waals surface area contributed by atoms with Gasteiger partial charge in [-0.3, -0.25) is 9.69 Å². The van der Waals surface area contributed by atoms with Crippen molar-refractivity contribution in [3.8, 4) is 0 Å². The van der Waals surface area contributed by atoms with Gasteiger partial charge in [0.15, 0.2) is 11.1 Å². The van der Waals surface area contributed by atoms with Gasteiger partial charge in [-0.1, -0.05) is 42.5 Å². The van der Waals surface area contributed by atoms with Gasteiger partial charge in [0, 0.05) is 24.5 Å². The van der Waals surface area contributed by atoms with Gasteiger partial charge >= 0.3 is 0 Å². The van der Waals surface area contributed by atoms with Crippen molar-refractivity contribution < 1.29 is 13.6 Å². The zero-order valence-electron chi connectivity index (χ0n) is 18.8. The third kappa shape index (κ3) is 6.40. The first-order valence-electron chi connectivity index (χ1n) is 11.2. The van der Waals surface area contributed by atoms with Crippen LogP contribution < -0.4 is 16.4 Å². The number of aromatic nitrogens is 1. The molecule has 2 heterocycles. The third-order valence-electron chi connectivity index (χ3n) is 6.03. The summed E-state index contributed by atoms with van der Waals surface area (Å²) < 4.78 is 20.1. The van der Waals surface area contributed by atoms with Gasteiger partial charge in [0.2, 0.25) is 0 Å². The van der Waals surface area contributed by atoms with Crippen molar-refractivity contribution in [3.63, 3.8) is 0 Å². The first-order valence-corrected chi connectivity index (χ1v) is 12.5. The number of pyridine rings is 1. The summed E-state index contributed by atoms with van der Waals surface area (Å²) in [5, 5.41) is 6.58. The Balaban J connectivity index is 1.40. The molecule has 0 radical (unpaired) electrons.